The van der Waals surface area contributed by atoms with Gasteiger partial charge < -0.3 is 4.42 Å². The number of hydrogen-bond acceptors (Lipinski definition) is 2. The Bertz CT molecular complexity index is 712. The fourth-order valence-corrected chi connectivity index (χ4v) is 1.85. The molecule has 3 aromatic rings. The highest BCUT2D eigenvalue weighted by Gasteiger charge is 2.05. The van der Waals surface area contributed by atoms with Gasteiger partial charge in [-0.05, 0) is 12.1 Å². The molecule has 86 valence electrons. The monoisotopic (exact) mass is 234 g/mol. The summed E-state index contributed by atoms with van der Waals surface area (Å²) in [7, 11) is 0. The van der Waals surface area contributed by atoms with E-state index < -0.39 is 0 Å². The van der Waals surface area contributed by atoms with E-state index in [1.54, 1.807) is 6.07 Å². The maximum atomic E-state index is 11.9. The lowest BCUT2D eigenvalue weighted by atomic mass is 10.1. The Hall–Kier alpha value is -2.35. The Balaban J connectivity index is 0.00000120. The van der Waals surface area contributed by atoms with Crippen molar-refractivity contribution in [1.82, 2.24) is 0 Å². The average molecular weight is 234 g/mol. The van der Waals surface area contributed by atoms with E-state index in [4.69, 9.17) is 4.42 Å². The van der Waals surface area contributed by atoms with Crippen LogP contribution in [-0.4, -0.2) is 0 Å². The second-order valence-corrected chi connectivity index (χ2v) is 3.84. The zero-order valence-electron chi connectivity index (χ0n) is 9.59. The Morgan fingerprint density at radius 3 is 2.28 bits per heavy atom. The standard InChI is InChI=1S/C15H10O2.C/c16-13-10-15(11-6-2-1-3-7-11)17-14-9-5-4-8-12(13)14;/h1-10H;. The zero-order valence-corrected chi connectivity index (χ0v) is 9.59. The molecule has 18 heavy (non-hydrogen) atoms. The van der Waals surface area contributed by atoms with E-state index in [0.29, 0.717) is 16.7 Å². The minimum Gasteiger partial charge on any atom is -0.456 e. The van der Waals surface area contributed by atoms with Gasteiger partial charge in [-0.25, -0.2) is 0 Å². The number of rotatable bonds is 1. The minimum absolute atomic E-state index is 0. The smallest absolute Gasteiger partial charge is 0.193 e. The molecule has 0 N–H and O–H groups in total. The van der Waals surface area contributed by atoms with Crippen LogP contribution in [0.3, 0.4) is 0 Å². The molecule has 0 aliphatic carbocycles. The summed E-state index contributed by atoms with van der Waals surface area (Å²) in [4.78, 5) is 11.9. The van der Waals surface area contributed by atoms with Gasteiger partial charge in [0.2, 0.25) is 0 Å². The molecule has 0 aliphatic heterocycles. The predicted octanol–water partition coefficient (Wildman–Crippen LogP) is 3.54. The van der Waals surface area contributed by atoms with Crippen LogP contribution in [0.2, 0.25) is 0 Å². The molecular weight excluding hydrogens is 224 g/mol. The molecule has 1 heterocycles. The highest BCUT2D eigenvalue weighted by molar-refractivity contribution is 5.78. The number of para-hydroxylation sites is 1. The van der Waals surface area contributed by atoms with Gasteiger partial charge in [0.25, 0.3) is 0 Å². The van der Waals surface area contributed by atoms with Crippen molar-refractivity contribution >= 4 is 11.0 Å². The minimum atomic E-state index is -0.00861. The van der Waals surface area contributed by atoms with E-state index in [2.05, 4.69) is 0 Å². The quantitative estimate of drug-likeness (QED) is 0.644. The normalized spacial score (nSPS) is 10.0. The van der Waals surface area contributed by atoms with Crippen LogP contribution in [-0.2, 0) is 0 Å². The lowest BCUT2D eigenvalue weighted by Crippen LogP contribution is -1.99. The number of hydrogen-bond donors (Lipinski definition) is 0. The van der Waals surface area contributed by atoms with E-state index in [1.807, 2.05) is 48.5 Å². The summed E-state index contributed by atoms with van der Waals surface area (Å²) < 4.78 is 5.73. The van der Waals surface area contributed by atoms with Gasteiger partial charge in [-0.15, -0.1) is 0 Å². The Labute approximate surface area is 106 Å². The van der Waals surface area contributed by atoms with Crippen LogP contribution >= 0.6 is 0 Å². The van der Waals surface area contributed by atoms with Crippen LogP contribution < -0.4 is 5.43 Å². The van der Waals surface area contributed by atoms with E-state index in [9.17, 15) is 4.79 Å². The van der Waals surface area contributed by atoms with Gasteiger partial charge in [-0.1, -0.05) is 42.5 Å². The second kappa shape index (κ2) is 4.88. The van der Waals surface area contributed by atoms with Gasteiger partial charge in [0.05, 0.1) is 5.39 Å². The summed E-state index contributed by atoms with van der Waals surface area (Å²) >= 11 is 0. The summed E-state index contributed by atoms with van der Waals surface area (Å²) in [6, 6.07) is 18.4. The molecule has 0 bridgehead atoms. The van der Waals surface area contributed by atoms with Gasteiger partial charge in [-0.3, -0.25) is 4.79 Å². The van der Waals surface area contributed by atoms with E-state index in [-0.39, 0.29) is 12.9 Å². The third kappa shape index (κ3) is 2.05. The lowest BCUT2D eigenvalue weighted by molar-refractivity contribution is 0.619. The molecule has 0 spiro atoms. The largest absolute Gasteiger partial charge is 0.456 e. The predicted molar refractivity (Wildman–Crippen MR) is 71.2 cm³/mol. The van der Waals surface area contributed by atoms with Crippen molar-refractivity contribution in [2.45, 2.75) is 0 Å². The Morgan fingerprint density at radius 2 is 1.50 bits per heavy atom. The molecule has 1 aromatic heterocycles. The van der Waals surface area contributed by atoms with Gasteiger partial charge in [0, 0.05) is 19.1 Å². The topological polar surface area (TPSA) is 30.2 Å². The van der Waals surface area contributed by atoms with E-state index in [0.717, 1.165) is 5.56 Å². The fourth-order valence-electron chi connectivity index (χ4n) is 1.85. The molecule has 2 aromatic carbocycles. The van der Waals surface area contributed by atoms with Crippen LogP contribution in [0.1, 0.15) is 0 Å². The SMILES string of the molecule is O=c1cc(-c2ccccc2)oc2ccccc12.[C]. The third-order valence-corrected chi connectivity index (χ3v) is 2.69. The van der Waals surface area contributed by atoms with Crippen LogP contribution in [0.15, 0.2) is 69.9 Å². The van der Waals surface area contributed by atoms with Gasteiger partial charge in [0.1, 0.15) is 11.3 Å². The molecule has 0 saturated heterocycles. The molecule has 0 unspecified atom stereocenters. The Morgan fingerprint density at radius 1 is 0.833 bits per heavy atom. The van der Waals surface area contributed by atoms with Crippen molar-refractivity contribution < 1.29 is 4.42 Å². The summed E-state index contributed by atoms with van der Waals surface area (Å²) in [5.74, 6) is 0.606. The molecule has 0 fully saturated rings. The third-order valence-electron chi connectivity index (χ3n) is 2.69. The van der Waals surface area contributed by atoms with Crippen LogP contribution in [0, 0.1) is 7.43 Å². The first kappa shape index (κ1) is 12.1. The average Bonchev–Trinajstić information content (AvgIpc) is 2.40. The van der Waals surface area contributed by atoms with Crippen molar-refractivity contribution in [3.05, 3.63) is 78.3 Å². The van der Waals surface area contributed by atoms with Crippen LogP contribution in [0.4, 0.5) is 0 Å². The van der Waals surface area contributed by atoms with Crippen molar-refractivity contribution in [3.8, 4) is 11.3 Å². The zero-order chi connectivity index (χ0) is 11.7. The fraction of sp³-hybridized carbons (Fsp3) is 0. The summed E-state index contributed by atoms with van der Waals surface area (Å²) in [5, 5.41) is 0.618. The summed E-state index contributed by atoms with van der Waals surface area (Å²) in [6.07, 6.45) is 0. The number of benzene rings is 2. The van der Waals surface area contributed by atoms with Crippen LogP contribution in [0.25, 0.3) is 22.3 Å². The van der Waals surface area contributed by atoms with Crippen LogP contribution in [0.5, 0.6) is 0 Å². The maximum absolute atomic E-state index is 11.9. The first-order valence-corrected chi connectivity index (χ1v) is 5.43. The highest BCUT2D eigenvalue weighted by atomic mass is 16.3. The van der Waals surface area contributed by atoms with Crippen molar-refractivity contribution in [3.63, 3.8) is 0 Å². The molecule has 0 atom stereocenters. The van der Waals surface area contributed by atoms with Gasteiger partial charge >= 0.3 is 0 Å². The van der Waals surface area contributed by atoms with E-state index >= 15 is 0 Å². The summed E-state index contributed by atoms with van der Waals surface area (Å²) in [5.41, 5.74) is 1.53. The lowest BCUT2D eigenvalue weighted by Gasteiger charge is -2.02. The van der Waals surface area contributed by atoms with Crippen molar-refractivity contribution in [2.24, 2.45) is 0 Å². The van der Waals surface area contributed by atoms with Gasteiger partial charge in [0.15, 0.2) is 5.43 Å². The molecule has 4 radical (unpaired) electrons. The molecule has 2 heteroatoms. The van der Waals surface area contributed by atoms with Crippen molar-refractivity contribution in [2.75, 3.05) is 0 Å². The molecule has 0 saturated carbocycles. The first-order chi connectivity index (χ1) is 8.34. The molecule has 0 aliphatic rings. The molecular formula is C16H10O2. The molecule has 3 rings (SSSR count). The summed E-state index contributed by atoms with van der Waals surface area (Å²) in [6.45, 7) is 0. The first-order valence-electron chi connectivity index (χ1n) is 5.43. The number of fused-ring (bicyclic) bond motifs is 1. The molecule has 2 nitrogen and oxygen atoms in total. The maximum Gasteiger partial charge on any atom is 0.193 e. The molecule has 0 amide bonds. The van der Waals surface area contributed by atoms with Gasteiger partial charge in [-0.2, -0.15) is 0 Å². The van der Waals surface area contributed by atoms with E-state index in [1.165, 1.54) is 6.07 Å². The highest BCUT2D eigenvalue weighted by Crippen LogP contribution is 2.21. The van der Waals surface area contributed by atoms with Crippen molar-refractivity contribution in [1.29, 1.82) is 0 Å². The second-order valence-electron chi connectivity index (χ2n) is 3.84. The Kier molecular flexibility index (Phi) is 3.28.